The molecule has 0 aliphatic heterocycles. The van der Waals surface area contributed by atoms with Gasteiger partial charge in [-0.25, -0.2) is 4.98 Å². The van der Waals surface area contributed by atoms with Gasteiger partial charge < -0.3 is 0 Å². The summed E-state index contributed by atoms with van der Waals surface area (Å²) in [6, 6.07) is 5.45. The van der Waals surface area contributed by atoms with Crippen molar-refractivity contribution in [3.05, 3.63) is 46.2 Å². The Hall–Kier alpha value is -1.82. The van der Waals surface area contributed by atoms with Gasteiger partial charge >= 0.3 is 0 Å². The monoisotopic (exact) mass is 292 g/mol. The van der Waals surface area contributed by atoms with Crippen molar-refractivity contribution < 1.29 is 4.79 Å². The number of aromatic nitrogens is 3. The normalized spacial score (nSPS) is 10.0. The molecule has 1 aromatic carbocycles. The Morgan fingerprint density at radius 2 is 2.12 bits per heavy atom. The van der Waals surface area contributed by atoms with E-state index in [4.69, 9.17) is 0 Å². The number of halogens is 1. The third-order valence-corrected chi connectivity index (χ3v) is 2.47. The van der Waals surface area contributed by atoms with Crippen molar-refractivity contribution in [3.63, 3.8) is 0 Å². The molecule has 0 saturated heterocycles. The molecule has 0 atom stereocenters. The van der Waals surface area contributed by atoms with Gasteiger partial charge in [-0.3, -0.25) is 10.1 Å². The molecule has 1 heterocycles. The minimum atomic E-state index is -0.262. The summed E-state index contributed by atoms with van der Waals surface area (Å²) < 4.78 is 0.856. The van der Waals surface area contributed by atoms with Crippen molar-refractivity contribution in [1.82, 2.24) is 15.2 Å². The highest BCUT2D eigenvalue weighted by atomic mass is 79.9. The standard InChI is InChI=1S/C11H9BrN4O/c1-7-4-8(6-9(12)5-7)10(17)15-11-13-2-3-14-16-11/h2-6H,1H3,(H,13,15,16,17). The molecule has 0 unspecified atom stereocenters. The lowest BCUT2D eigenvalue weighted by Crippen LogP contribution is -2.14. The first kappa shape index (κ1) is 11.7. The number of nitrogens with one attached hydrogen (secondary N) is 1. The highest BCUT2D eigenvalue weighted by molar-refractivity contribution is 9.10. The lowest BCUT2D eigenvalue weighted by molar-refractivity contribution is 0.102. The Morgan fingerprint density at radius 1 is 1.29 bits per heavy atom. The first-order valence-electron chi connectivity index (χ1n) is 4.87. The van der Waals surface area contributed by atoms with E-state index in [0.717, 1.165) is 10.0 Å². The van der Waals surface area contributed by atoms with E-state index in [1.165, 1.54) is 12.4 Å². The summed E-state index contributed by atoms with van der Waals surface area (Å²) in [4.78, 5) is 15.8. The van der Waals surface area contributed by atoms with Crippen molar-refractivity contribution in [2.45, 2.75) is 6.92 Å². The Bertz CT molecular complexity index is 524. The topological polar surface area (TPSA) is 67.8 Å². The van der Waals surface area contributed by atoms with Gasteiger partial charge in [0.05, 0.1) is 12.4 Å². The second-order valence-electron chi connectivity index (χ2n) is 3.44. The van der Waals surface area contributed by atoms with Crippen LogP contribution in [-0.4, -0.2) is 21.1 Å². The van der Waals surface area contributed by atoms with E-state index >= 15 is 0 Å². The molecule has 0 aliphatic carbocycles. The summed E-state index contributed by atoms with van der Waals surface area (Å²) in [5.74, 6) is -0.0717. The van der Waals surface area contributed by atoms with Crippen molar-refractivity contribution in [3.8, 4) is 0 Å². The molecule has 5 nitrogen and oxygen atoms in total. The van der Waals surface area contributed by atoms with E-state index in [2.05, 4.69) is 36.4 Å². The highest BCUT2D eigenvalue weighted by Gasteiger charge is 2.08. The van der Waals surface area contributed by atoms with E-state index in [1.54, 1.807) is 12.1 Å². The number of nitrogens with zero attached hydrogens (tertiary/aromatic N) is 3. The molecule has 6 heteroatoms. The van der Waals surface area contributed by atoms with Crippen molar-refractivity contribution in [1.29, 1.82) is 0 Å². The van der Waals surface area contributed by atoms with Crippen LogP contribution < -0.4 is 5.32 Å². The van der Waals surface area contributed by atoms with E-state index in [0.29, 0.717) is 5.56 Å². The fraction of sp³-hybridized carbons (Fsp3) is 0.0909. The molecule has 0 fully saturated rings. The van der Waals surface area contributed by atoms with E-state index in [1.807, 2.05) is 13.0 Å². The molecular formula is C11H9BrN4O. The molecule has 0 aliphatic rings. The summed E-state index contributed by atoms with van der Waals surface area (Å²) in [5.41, 5.74) is 1.54. The van der Waals surface area contributed by atoms with Gasteiger partial charge in [0.15, 0.2) is 0 Å². The van der Waals surface area contributed by atoms with Crippen LogP contribution in [0.15, 0.2) is 35.1 Å². The Kier molecular flexibility index (Phi) is 3.43. The van der Waals surface area contributed by atoms with Crippen LogP contribution in [0.3, 0.4) is 0 Å². The Morgan fingerprint density at radius 3 is 2.76 bits per heavy atom. The van der Waals surface area contributed by atoms with E-state index in [-0.39, 0.29) is 11.9 Å². The van der Waals surface area contributed by atoms with Gasteiger partial charge in [0.1, 0.15) is 0 Å². The van der Waals surface area contributed by atoms with Crippen LogP contribution in [0.2, 0.25) is 0 Å². The quantitative estimate of drug-likeness (QED) is 0.921. The van der Waals surface area contributed by atoms with Gasteiger partial charge in [-0.1, -0.05) is 15.9 Å². The van der Waals surface area contributed by atoms with Gasteiger partial charge in [0, 0.05) is 10.0 Å². The average molecular weight is 293 g/mol. The number of carbonyl (C=O) groups is 1. The Labute approximate surface area is 106 Å². The van der Waals surface area contributed by atoms with E-state index < -0.39 is 0 Å². The largest absolute Gasteiger partial charge is 0.289 e. The number of hydrogen-bond acceptors (Lipinski definition) is 4. The molecule has 0 bridgehead atoms. The first-order valence-corrected chi connectivity index (χ1v) is 5.67. The molecule has 1 aromatic heterocycles. The maximum Gasteiger partial charge on any atom is 0.258 e. The maximum absolute atomic E-state index is 11.9. The number of amides is 1. The number of aryl methyl sites for hydroxylation is 1. The zero-order valence-electron chi connectivity index (χ0n) is 9.01. The predicted molar refractivity (Wildman–Crippen MR) is 66.7 cm³/mol. The van der Waals surface area contributed by atoms with Crippen LogP contribution in [-0.2, 0) is 0 Å². The number of anilines is 1. The van der Waals surface area contributed by atoms with Crippen LogP contribution in [0, 0.1) is 6.92 Å². The summed E-state index contributed by atoms with van der Waals surface area (Å²) in [6.45, 7) is 1.92. The SMILES string of the molecule is Cc1cc(Br)cc(C(=O)Nc2nccnn2)c1. The second-order valence-corrected chi connectivity index (χ2v) is 4.35. The predicted octanol–water partition coefficient (Wildman–Crippen LogP) is 2.19. The molecular weight excluding hydrogens is 284 g/mol. The summed E-state index contributed by atoms with van der Waals surface area (Å²) in [6.07, 6.45) is 2.91. The van der Waals surface area contributed by atoms with Crippen LogP contribution in [0.25, 0.3) is 0 Å². The summed E-state index contributed by atoms with van der Waals surface area (Å²) >= 11 is 3.34. The summed E-state index contributed by atoms with van der Waals surface area (Å²) in [7, 11) is 0. The molecule has 1 N–H and O–H groups in total. The third kappa shape index (κ3) is 3.07. The number of carbonyl (C=O) groups excluding carboxylic acids is 1. The summed E-state index contributed by atoms with van der Waals surface area (Å²) in [5, 5.41) is 9.88. The molecule has 2 aromatic rings. The molecule has 0 radical (unpaired) electrons. The first-order chi connectivity index (χ1) is 8.15. The highest BCUT2D eigenvalue weighted by Crippen LogP contribution is 2.15. The van der Waals surface area contributed by atoms with Crippen LogP contribution >= 0.6 is 15.9 Å². The number of benzene rings is 1. The Balaban J connectivity index is 2.20. The van der Waals surface area contributed by atoms with Crippen LogP contribution in [0.4, 0.5) is 5.95 Å². The average Bonchev–Trinajstić information content (AvgIpc) is 2.29. The van der Waals surface area contributed by atoms with Crippen molar-refractivity contribution in [2.75, 3.05) is 5.32 Å². The fourth-order valence-electron chi connectivity index (χ4n) is 1.35. The molecule has 86 valence electrons. The minimum absolute atomic E-state index is 0.190. The zero-order chi connectivity index (χ0) is 12.3. The van der Waals surface area contributed by atoms with Gasteiger partial charge in [-0.05, 0) is 30.7 Å². The molecule has 17 heavy (non-hydrogen) atoms. The molecule has 1 amide bonds. The lowest BCUT2D eigenvalue weighted by Gasteiger charge is -2.04. The smallest absolute Gasteiger partial charge is 0.258 e. The van der Waals surface area contributed by atoms with Crippen molar-refractivity contribution in [2.24, 2.45) is 0 Å². The zero-order valence-corrected chi connectivity index (χ0v) is 10.6. The van der Waals surface area contributed by atoms with Gasteiger partial charge in [-0.15, -0.1) is 5.10 Å². The maximum atomic E-state index is 11.9. The third-order valence-electron chi connectivity index (χ3n) is 2.01. The lowest BCUT2D eigenvalue weighted by atomic mass is 10.1. The number of hydrogen-bond donors (Lipinski definition) is 1. The van der Waals surface area contributed by atoms with Gasteiger partial charge in [-0.2, -0.15) is 5.10 Å². The molecule has 0 spiro atoms. The second kappa shape index (κ2) is 5.01. The van der Waals surface area contributed by atoms with E-state index in [9.17, 15) is 4.79 Å². The van der Waals surface area contributed by atoms with Gasteiger partial charge in [0.25, 0.3) is 5.91 Å². The molecule has 2 rings (SSSR count). The minimum Gasteiger partial charge on any atom is -0.289 e. The fourth-order valence-corrected chi connectivity index (χ4v) is 1.95. The number of rotatable bonds is 2. The molecule has 0 saturated carbocycles. The van der Waals surface area contributed by atoms with Crippen LogP contribution in [0.5, 0.6) is 0 Å². The van der Waals surface area contributed by atoms with Gasteiger partial charge in [0.2, 0.25) is 5.95 Å². The van der Waals surface area contributed by atoms with Crippen LogP contribution in [0.1, 0.15) is 15.9 Å². The van der Waals surface area contributed by atoms with Crippen molar-refractivity contribution >= 4 is 27.8 Å².